The Bertz CT molecular complexity index is 343. The van der Waals surface area contributed by atoms with E-state index in [0.717, 1.165) is 5.56 Å². The zero-order valence-electron chi connectivity index (χ0n) is 8.50. The van der Waals surface area contributed by atoms with Crippen LogP contribution in [0.1, 0.15) is 12.5 Å². The van der Waals surface area contributed by atoms with Gasteiger partial charge in [0.15, 0.2) is 0 Å². The number of aliphatic hydroxyl groups excluding tert-OH is 1. The summed E-state index contributed by atoms with van der Waals surface area (Å²) in [6.45, 7) is 1.47. The molecule has 15 heavy (non-hydrogen) atoms. The summed E-state index contributed by atoms with van der Waals surface area (Å²) in [4.78, 5) is 10.6. The van der Waals surface area contributed by atoms with Crippen LogP contribution in [0, 0.1) is 5.92 Å². The number of hydrogen-bond donors (Lipinski definition) is 2. The molecule has 1 aromatic carbocycles. The first-order chi connectivity index (χ1) is 7.11. The van der Waals surface area contributed by atoms with Gasteiger partial charge in [-0.2, -0.15) is 0 Å². The lowest BCUT2D eigenvalue weighted by Gasteiger charge is -2.09. The van der Waals surface area contributed by atoms with Crippen molar-refractivity contribution in [2.45, 2.75) is 13.0 Å². The van der Waals surface area contributed by atoms with Crippen LogP contribution in [-0.4, -0.2) is 22.3 Å². The molecule has 0 heterocycles. The first-order valence-corrected chi connectivity index (χ1v) is 4.75. The SMILES string of the molecule is CC(C(=O)O)C(O)/C=C/c1ccccc1. The molecule has 0 aliphatic heterocycles. The largest absolute Gasteiger partial charge is 0.481 e. The normalized spacial score (nSPS) is 15.1. The Morgan fingerprint density at radius 3 is 2.47 bits per heavy atom. The molecule has 1 aromatic rings. The van der Waals surface area contributed by atoms with Crippen LogP contribution in [0.5, 0.6) is 0 Å². The Kier molecular flexibility index (Phi) is 4.06. The number of benzene rings is 1. The Balaban J connectivity index is 2.62. The fraction of sp³-hybridized carbons (Fsp3) is 0.250. The lowest BCUT2D eigenvalue weighted by atomic mass is 10.0. The average Bonchev–Trinajstić information content (AvgIpc) is 2.26. The number of rotatable bonds is 4. The maximum Gasteiger partial charge on any atom is 0.309 e. The molecule has 0 bridgehead atoms. The molecule has 0 saturated heterocycles. The second-order valence-electron chi connectivity index (χ2n) is 3.39. The molecule has 2 atom stereocenters. The van der Waals surface area contributed by atoms with Gasteiger partial charge >= 0.3 is 5.97 Å². The molecule has 80 valence electrons. The summed E-state index contributed by atoms with van der Waals surface area (Å²) >= 11 is 0. The Morgan fingerprint density at radius 2 is 1.93 bits per heavy atom. The summed E-state index contributed by atoms with van der Waals surface area (Å²) in [5.41, 5.74) is 0.939. The van der Waals surface area contributed by atoms with Crippen molar-refractivity contribution in [1.82, 2.24) is 0 Å². The van der Waals surface area contributed by atoms with Crippen LogP contribution < -0.4 is 0 Å². The molecule has 1 rings (SSSR count). The molecule has 0 fully saturated rings. The summed E-state index contributed by atoms with van der Waals surface area (Å²) in [5.74, 6) is -1.79. The van der Waals surface area contributed by atoms with E-state index < -0.39 is 18.0 Å². The lowest BCUT2D eigenvalue weighted by molar-refractivity contribution is -0.143. The van der Waals surface area contributed by atoms with Crippen molar-refractivity contribution in [2.75, 3.05) is 0 Å². The second kappa shape index (κ2) is 5.32. The smallest absolute Gasteiger partial charge is 0.309 e. The van der Waals surface area contributed by atoms with E-state index in [0.29, 0.717) is 0 Å². The van der Waals surface area contributed by atoms with Crippen LogP contribution in [-0.2, 0) is 4.79 Å². The van der Waals surface area contributed by atoms with Crippen LogP contribution in [0.3, 0.4) is 0 Å². The van der Waals surface area contributed by atoms with Gasteiger partial charge in [0.2, 0.25) is 0 Å². The quantitative estimate of drug-likeness (QED) is 0.789. The number of carboxylic acid groups (broad SMARTS) is 1. The van der Waals surface area contributed by atoms with Crippen molar-refractivity contribution in [3.63, 3.8) is 0 Å². The monoisotopic (exact) mass is 206 g/mol. The maximum atomic E-state index is 10.6. The minimum absolute atomic E-state index is 0.787. The molecule has 0 radical (unpaired) electrons. The van der Waals surface area contributed by atoms with E-state index in [1.165, 1.54) is 13.0 Å². The number of aliphatic hydroxyl groups is 1. The third-order valence-corrected chi connectivity index (χ3v) is 2.19. The first-order valence-electron chi connectivity index (χ1n) is 4.75. The van der Waals surface area contributed by atoms with Gasteiger partial charge in [0.05, 0.1) is 12.0 Å². The highest BCUT2D eigenvalue weighted by molar-refractivity contribution is 5.71. The lowest BCUT2D eigenvalue weighted by Crippen LogP contribution is -2.23. The van der Waals surface area contributed by atoms with Gasteiger partial charge in [0.1, 0.15) is 0 Å². The average molecular weight is 206 g/mol. The van der Waals surface area contributed by atoms with Crippen molar-refractivity contribution in [3.05, 3.63) is 42.0 Å². The van der Waals surface area contributed by atoms with Gasteiger partial charge in [-0.1, -0.05) is 42.5 Å². The fourth-order valence-corrected chi connectivity index (χ4v) is 1.09. The van der Waals surface area contributed by atoms with Gasteiger partial charge in [-0.25, -0.2) is 0 Å². The molecule has 0 amide bonds. The molecule has 2 unspecified atom stereocenters. The van der Waals surface area contributed by atoms with Crippen LogP contribution in [0.25, 0.3) is 6.08 Å². The van der Waals surface area contributed by atoms with E-state index in [-0.39, 0.29) is 0 Å². The van der Waals surface area contributed by atoms with Crippen LogP contribution in [0.2, 0.25) is 0 Å². The van der Waals surface area contributed by atoms with E-state index in [1.54, 1.807) is 6.08 Å². The molecule has 0 aliphatic carbocycles. The van der Waals surface area contributed by atoms with Crippen molar-refractivity contribution in [2.24, 2.45) is 5.92 Å². The highest BCUT2D eigenvalue weighted by atomic mass is 16.4. The van der Waals surface area contributed by atoms with E-state index in [1.807, 2.05) is 30.3 Å². The van der Waals surface area contributed by atoms with E-state index in [2.05, 4.69) is 0 Å². The van der Waals surface area contributed by atoms with Crippen molar-refractivity contribution in [1.29, 1.82) is 0 Å². The maximum absolute atomic E-state index is 10.6. The van der Waals surface area contributed by atoms with E-state index >= 15 is 0 Å². The minimum atomic E-state index is -1.000. The standard InChI is InChI=1S/C12H14O3/c1-9(12(14)15)11(13)8-7-10-5-3-2-4-6-10/h2-9,11,13H,1H3,(H,14,15)/b8-7+. The predicted octanol–water partition coefficient (Wildman–Crippen LogP) is 1.78. The van der Waals surface area contributed by atoms with Crippen LogP contribution in [0.15, 0.2) is 36.4 Å². The third kappa shape index (κ3) is 3.56. The zero-order valence-corrected chi connectivity index (χ0v) is 8.50. The third-order valence-electron chi connectivity index (χ3n) is 2.19. The highest BCUT2D eigenvalue weighted by Crippen LogP contribution is 2.08. The Hall–Kier alpha value is -1.61. The predicted molar refractivity (Wildman–Crippen MR) is 58.3 cm³/mol. The van der Waals surface area contributed by atoms with Gasteiger partial charge in [-0.15, -0.1) is 0 Å². The Morgan fingerprint density at radius 1 is 1.33 bits per heavy atom. The molecular formula is C12H14O3. The minimum Gasteiger partial charge on any atom is -0.481 e. The Labute approximate surface area is 88.7 Å². The summed E-state index contributed by atoms with van der Waals surface area (Å²) in [6.07, 6.45) is 2.25. The van der Waals surface area contributed by atoms with Gasteiger partial charge in [-0.05, 0) is 12.5 Å². The molecular weight excluding hydrogens is 192 g/mol. The summed E-state index contributed by atoms with van der Waals surface area (Å²) in [5, 5.41) is 18.1. The summed E-state index contributed by atoms with van der Waals surface area (Å²) in [6, 6.07) is 9.43. The van der Waals surface area contributed by atoms with Crippen molar-refractivity contribution < 1.29 is 15.0 Å². The summed E-state index contributed by atoms with van der Waals surface area (Å²) < 4.78 is 0. The molecule has 0 saturated carbocycles. The van der Waals surface area contributed by atoms with Gasteiger partial charge < -0.3 is 10.2 Å². The first kappa shape index (κ1) is 11.5. The second-order valence-corrected chi connectivity index (χ2v) is 3.39. The van der Waals surface area contributed by atoms with E-state index in [4.69, 9.17) is 5.11 Å². The van der Waals surface area contributed by atoms with Crippen LogP contribution in [0.4, 0.5) is 0 Å². The van der Waals surface area contributed by atoms with Gasteiger partial charge in [0, 0.05) is 0 Å². The molecule has 3 heteroatoms. The summed E-state index contributed by atoms with van der Waals surface area (Å²) in [7, 11) is 0. The van der Waals surface area contributed by atoms with E-state index in [9.17, 15) is 9.90 Å². The highest BCUT2D eigenvalue weighted by Gasteiger charge is 2.18. The molecule has 2 N–H and O–H groups in total. The van der Waals surface area contributed by atoms with Gasteiger partial charge in [-0.3, -0.25) is 4.79 Å². The van der Waals surface area contributed by atoms with Crippen molar-refractivity contribution in [3.8, 4) is 0 Å². The number of hydrogen-bond acceptors (Lipinski definition) is 2. The molecule has 3 nitrogen and oxygen atoms in total. The molecule has 0 spiro atoms. The van der Waals surface area contributed by atoms with Crippen molar-refractivity contribution >= 4 is 12.0 Å². The fourth-order valence-electron chi connectivity index (χ4n) is 1.09. The topological polar surface area (TPSA) is 57.5 Å². The number of carbonyl (C=O) groups is 1. The zero-order chi connectivity index (χ0) is 11.3. The molecule has 0 aromatic heterocycles. The number of carboxylic acids is 1. The van der Waals surface area contributed by atoms with Crippen LogP contribution >= 0.6 is 0 Å². The number of aliphatic carboxylic acids is 1. The van der Waals surface area contributed by atoms with Gasteiger partial charge in [0.25, 0.3) is 0 Å². The molecule has 0 aliphatic rings.